The van der Waals surface area contributed by atoms with E-state index in [1.165, 1.54) is 12.2 Å². The van der Waals surface area contributed by atoms with Crippen LogP contribution in [0.2, 0.25) is 0 Å². The van der Waals surface area contributed by atoms with Gasteiger partial charge in [-0.2, -0.15) is 0 Å². The van der Waals surface area contributed by atoms with Crippen molar-refractivity contribution in [2.45, 2.75) is 32.6 Å². The van der Waals surface area contributed by atoms with Crippen LogP contribution in [0.3, 0.4) is 0 Å². The highest BCUT2D eigenvalue weighted by Gasteiger charge is 2.26. The van der Waals surface area contributed by atoms with Crippen LogP contribution in [-0.4, -0.2) is 39.7 Å². The second kappa shape index (κ2) is 5.82. The summed E-state index contributed by atoms with van der Waals surface area (Å²) < 4.78 is 26.4. The Labute approximate surface area is 104 Å². The molecule has 1 aliphatic rings. The van der Waals surface area contributed by atoms with Crippen molar-refractivity contribution in [3.05, 3.63) is 0 Å². The summed E-state index contributed by atoms with van der Waals surface area (Å²) in [6.07, 6.45) is 5.30. The molecule has 0 bridgehead atoms. The van der Waals surface area contributed by atoms with Gasteiger partial charge in [0, 0.05) is 13.0 Å². The van der Waals surface area contributed by atoms with Crippen molar-refractivity contribution in [2.24, 2.45) is 16.2 Å². The Kier molecular flexibility index (Phi) is 4.94. The zero-order valence-electron chi connectivity index (χ0n) is 11.0. The van der Waals surface area contributed by atoms with E-state index in [9.17, 15) is 8.42 Å². The van der Waals surface area contributed by atoms with Crippen LogP contribution < -0.4 is 0 Å². The van der Waals surface area contributed by atoms with Crippen molar-refractivity contribution in [3.8, 4) is 0 Å². The molecule has 17 heavy (non-hydrogen) atoms. The lowest BCUT2D eigenvalue weighted by Crippen LogP contribution is -2.35. The van der Waals surface area contributed by atoms with E-state index < -0.39 is 10.0 Å². The molecule has 1 aliphatic carbocycles. The molecular formula is C11H22N2O3S. The summed E-state index contributed by atoms with van der Waals surface area (Å²) in [4.78, 5) is 5.08. The third-order valence-electron chi connectivity index (χ3n) is 3.24. The lowest BCUT2D eigenvalue weighted by Gasteiger charge is -2.30. The molecule has 0 atom stereocenters. The van der Waals surface area contributed by atoms with Crippen LogP contribution in [-0.2, 0) is 14.9 Å². The summed E-state index contributed by atoms with van der Waals surface area (Å²) in [5, 5.41) is 1.46. The maximum absolute atomic E-state index is 11.3. The van der Waals surface area contributed by atoms with Crippen molar-refractivity contribution in [1.82, 2.24) is 5.06 Å². The molecule has 0 aromatic rings. The molecule has 0 N–H and O–H groups in total. The highest BCUT2D eigenvalue weighted by Crippen LogP contribution is 2.30. The van der Waals surface area contributed by atoms with Crippen LogP contribution in [0.4, 0.5) is 0 Å². The summed E-state index contributed by atoms with van der Waals surface area (Å²) in [6.45, 7) is 2.23. The van der Waals surface area contributed by atoms with E-state index in [-0.39, 0.29) is 5.92 Å². The number of hydroxylamine groups is 2. The standard InChI is InChI=1S/C11H22N2O3S/c1-9-5-7-10(8-6-9)11(13(2)16-3)12-17(4,14)15/h9-10H,5-8H2,1-4H3. The van der Waals surface area contributed by atoms with E-state index in [4.69, 9.17) is 4.84 Å². The van der Waals surface area contributed by atoms with Gasteiger partial charge in [0.25, 0.3) is 10.0 Å². The molecule has 0 radical (unpaired) electrons. The molecule has 0 aliphatic heterocycles. The predicted molar refractivity (Wildman–Crippen MR) is 68.2 cm³/mol. The average Bonchev–Trinajstić information content (AvgIpc) is 2.25. The molecule has 0 aromatic carbocycles. The minimum Gasteiger partial charge on any atom is -0.276 e. The van der Waals surface area contributed by atoms with Gasteiger partial charge in [-0.05, 0) is 18.8 Å². The smallest absolute Gasteiger partial charge is 0.251 e. The average molecular weight is 262 g/mol. The molecule has 0 unspecified atom stereocenters. The molecule has 100 valence electrons. The number of hydrogen-bond donors (Lipinski definition) is 0. The molecule has 0 amide bonds. The van der Waals surface area contributed by atoms with Crippen molar-refractivity contribution < 1.29 is 13.3 Å². The van der Waals surface area contributed by atoms with Gasteiger partial charge in [0.05, 0.1) is 13.4 Å². The Morgan fingerprint density at radius 1 is 1.29 bits per heavy atom. The number of hydrogen-bond acceptors (Lipinski definition) is 3. The van der Waals surface area contributed by atoms with Crippen molar-refractivity contribution in [2.75, 3.05) is 20.4 Å². The first kappa shape index (κ1) is 14.4. The van der Waals surface area contributed by atoms with Crippen LogP contribution in [0, 0.1) is 11.8 Å². The number of sulfonamides is 1. The second-order valence-corrected chi connectivity index (χ2v) is 6.47. The first-order chi connectivity index (χ1) is 7.83. The summed E-state index contributed by atoms with van der Waals surface area (Å²) in [7, 11) is -0.161. The molecule has 0 aromatic heterocycles. The van der Waals surface area contributed by atoms with Crippen molar-refractivity contribution >= 4 is 15.9 Å². The van der Waals surface area contributed by atoms with Crippen LogP contribution in [0.5, 0.6) is 0 Å². The van der Waals surface area contributed by atoms with Gasteiger partial charge >= 0.3 is 0 Å². The number of nitrogens with zero attached hydrogens (tertiary/aromatic N) is 2. The second-order valence-electron chi connectivity index (χ2n) is 4.82. The van der Waals surface area contributed by atoms with Gasteiger partial charge in [-0.25, -0.2) is 13.5 Å². The molecule has 6 heteroatoms. The Bertz CT molecular complexity index is 370. The fraction of sp³-hybridized carbons (Fsp3) is 0.909. The minimum atomic E-state index is -3.38. The first-order valence-corrected chi connectivity index (χ1v) is 7.76. The van der Waals surface area contributed by atoms with Gasteiger partial charge in [-0.3, -0.25) is 4.84 Å². The van der Waals surface area contributed by atoms with E-state index in [2.05, 4.69) is 11.3 Å². The van der Waals surface area contributed by atoms with Gasteiger partial charge in [0.15, 0.2) is 0 Å². The van der Waals surface area contributed by atoms with Crippen molar-refractivity contribution in [1.29, 1.82) is 0 Å². The number of rotatable bonds is 3. The lowest BCUT2D eigenvalue weighted by atomic mass is 9.82. The highest BCUT2D eigenvalue weighted by molar-refractivity contribution is 7.89. The van der Waals surface area contributed by atoms with Gasteiger partial charge in [-0.15, -0.1) is 4.40 Å². The van der Waals surface area contributed by atoms with Gasteiger partial charge in [0.1, 0.15) is 5.84 Å². The van der Waals surface area contributed by atoms with Gasteiger partial charge in [0.2, 0.25) is 0 Å². The summed E-state index contributed by atoms with van der Waals surface area (Å²) >= 11 is 0. The maximum atomic E-state index is 11.3. The monoisotopic (exact) mass is 262 g/mol. The van der Waals surface area contributed by atoms with Crippen LogP contribution in [0.1, 0.15) is 32.6 Å². The lowest BCUT2D eigenvalue weighted by molar-refractivity contribution is -0.0473. The minimum absolute atomic E-state index is 0.186. The SMILES string of the molecule is CON(C)C(=NS(C)(=O)=O)C1CCC(C)CC1. The highest BCUT2D eigenvalue weighted by atomic mass is 32.2. The van der Waals surface area contributed by atoms with Crippen LogP contribution in [0.15, 0.2) is 4.40 Å². The molecule has 1 rings (SSSR count). The summed E-state index contributed by atoms with van der Waals surface area (Å²) in [5.41, 5.74) is 0. The molecular weight excluding hydrogens is 240 g/mol. The van der Waals surface area contributed by atoms with Crippen LogP contribution >= 0.6 is 0 Å². The summed E-state index contributed by atoms with van der Waals surface area (Å²) in [5.74, 6) is 1.44. The Morgan fingerprint density at radius 2 is 1.82 bits per heavy atom. The van der Waals surface area contributed by atoms with E-state index in [0.717, 1.165) is 37.9 Å². The molecule has 5 nitrogen and oxygen atoms in total. The Hall–Kier alpha value is -0.620. The third-order valence-corrected chi connectivity index (χ3v) is 3.76. The van der Waals surface area contributed by atoms with E-state index >= 15 is 0 Å². The zero-order valence-corrected chi connectivity index (χ0v) is 11.8. The number of amidine groups is 1. The summed E-state index contributed by atoms with van der Waals surface area (Å²) in [6, 6.07) is 0. The largest absolute Gasteiger partial charge is 0.276 e. The van der Waals surface area contributed by atoms with E-state index in [0.29, 0.717) is 5.84 Å². The maximum Gasteiger partial charge on any atom is 0.251 e. The van der Waals surface area contributed by atoms with E-state index in [1.54, 1.807) is 7.05 Å². The molecule has 1 fully saturated rings. The molecule has 0 spiro atoms. The predicted octanol–water partition coefficient (Wildman–Crippen LogP) is 1.66. The molecule has 0 saturated heterocycles. The quantitative estimate of drug-likeness (QED) is 0.441. The Balaban J connectivity index is 2.88. The first-order valence-electron chi connectivity index (χ1n) is 5.91. The Morgan fingerprint density at radius 3 is 2.24 bits per heavy atom. The fourth-order valence-electron chi connectivity index (χ4n) is 2.17. The van der Waals surface area contributed by atoms with Gasteiger partial charge in [-0.1, -0.05) is 19.8 Å². The van der Waals surface area contributed by atoms with Crippen molar-refractivity contribution in [3.63, 3.8) is 0 Å². The molecule has 1 saturated carbocycles. The van der Waals surface area contributed by atoms with Crippen LogP contribution in [0.25, 0.3) is 0 Å². The van der Waals surface area contributed by atoms with Gasteiger partial charge < -0.3 is 0 Å². The fourth-order valence-corrected chi connectivity index (χ4v) is 2.77. The third kappa shape index (κ3) is 4.63. The molecule has 0 heterocycles. The van der Waals surface area contributed by atoms with E-state index in [1.807, 2.05) is 0 Å². The topological polar surface area (TPSA) is 59.0 Å². The zero-order chi connectivity index (χ0) is 13.1. The normalized spacial score (nSPS) is 26.9.